The van der Waals surface area contributed by atoms with Crippen LogP contribution in [0.4, 0.5) is 0 Å². The Hall–Kier alpha value is -3.52. The average molecular weight is 419 g/mol. The molecule has 4 rings (SSSR count). The summed E-state index contributed by atoms with van der Waals surface area (Å²) in [7, 11) is 4.07. The van der Waals surface area contributed by atoms with Crippen LogP contribution in [0, 0.1) is 6.92 Å². The smallest absolute Gasteiger partial charge is 0.421 e. The van der Waals surface area contributed by atoms with Gasteiger partial charge < -0.3 is 14.1 Å². The van der Waals surface area contributed by atoms with E-state index in [2.05, 4.69) is 19.9 Å². The Bertz CT molecular complexity index is 1230. The average Bonchev–Trinajstić information content (AvgIpc) is 3.06. The molecule has 31 heavy (non-hydrogen) atoms. The molecule has 0 saturated heterocycles. The lowest BCUT2D eigenvalue weighted by molar-refractivity contribution is 0.280. The van der Waals surface area contributed by atoms with E-state index in [0.717, 1.165) is 29.8 Å². The van der Waals surface area contributed by atoms with Crippen molar-refractivity contribution in [3.8, 4) is 17.1 Å². The second kappa shape index (κ2) is 9.09. The monoisotopic (exact) mass is 419 g/mol. The van der Waals surface area contributed by atoms with Crippen molar-refractivity contribution in [2.24, 2.45) is 0 Å². The third-order valence-corrected chi connectivity index (χ3v) is 4.82. The predicted octanol–water partition coefficient (Wildman–Crippen LogP) is 3.13. The SMILES string of the molecule is Cc1ccc2oc(=O)n(Cc3cccc(-c4ncc(OCCCN(C)C)cn4)c3)c2n1. The summed E-state index contributed by atoms with van der Waals surface area (Å²) >= 11 is 0. The number of hydrogen-bond donors (Lipinski definition) is 0. The van der Waals surface area contributed by atoms with Crippen molar-refractivity contribution in [2.45, 2.75) is 19.9 Å². The summed E-state index contributed by atoms with van der Waals surface area (Å²) in [6, 6.07) is 11.4. The Balaban J connectivity index is 1.50. The molecule has 0 saturated carbocycles. The Kier molecular flexibility index (Phi) is 6.08. The van der Waals surface area contributed by atoms with E-state index in [0.29, 0.717) is 36.0 Å². The first-order chi connectivity index (χ1) is 15.0. The number of aromatic nitrogens is 4. The quantitative estimate of drug-likeness (QED) is 0.406. The fraction of sp³-hybridized carbons (Fsp3) is 0.304. The van der Waals surface area contributed by atoms with Crippen LogP contribution in [0.3, 0.4) is 0 Å². The first-order valence-corrected chi connectivity index (χ1v) is 10.2. The summed E-state index contributed by atoms with van der Waals surface area (Å²) in [5.74, 6) is 0.822. The Morgan fingerprint density at radius 3 is 2.71 bits per heavy atom. The molecule has 0 bridgehead atoms. The summed E-state index contributed by atoms with van der Waals surface area (Å²) in [6.07, 6.45) is 4.31. The minimum absolute atomic E-state index is 0.350. The third kappa shape index (κ3) is 4.97. The maximum atomic E-state index is 12.3. The molecule has 8 nitrogen and oxygen atoms in total. The van der Waals surface area contributed by atoms with Crippen LogP contribution in [0.2, 0.25) is 0 Å². The summed E-state index contributed by atoms with van der Waals surface area (Å²) in [4.78, 5) is 27.7. The van der Waals surface area contributed by atoms with Crippen molar-refractivity contribution in [1.82, 2.24) is 24.4 Å². The molecule has 3 aromatic heterocycles. The highest BCUT2D eigenvalue weighted by atomic mass is 16.5. The van der Waals surface area contributed by atoms with Gasteiger partial charge in [0.25, 0.3) is 0 Å². The number of fused-ring (bicyclic) bond motifs is 1. The Morgan fingerprint density at radius 2 is 1.94 bits per heavy atom. The number of ether oxygens (including phenoxy) is 1. The summed E-state index contributed by atoms with van der Waals surface area (Å²) < 4.78 is 12.5. The number of pyridine rings is 1. The van der Waals surface area contributed by atoms with Crippen LogP contribution >= 0.6 is 0 Å². The van der Waals surface area contributed by atoms with Gasteiger partial charge in [-0.3, -0.25) is 4.57 Å². The van der Waals surface area contributed by atoms with Crippen LogP contribution in [0.1, 0.15) is 17.7 Å². The second-order valence-electron chi connectivity index (χ2n) is 7.68. The van der Waals surface area contributed by atoms with Crippen molar-refractivity contribution in [1.29, 1.82) is 0 Å². The molecule has 3 heterocycles. The molecule has 0 fully saturated rings. The van der Waals surface area contributed by atoms with Crippen molar-refractivity contribution in [2.75, 3.05) is 27.2 Å². The molecule has 8 heteroatoms. The van der Waals surface area contributed by atoms with Gasteiger partial charge in [-0.05, 0) is 51.2 Å². The van der Waals surface area contributed by atoms with E-state index in [1.807, 2.05) is 51.4 Å². The first kappa shape index (κ1) is 20.7. The molecule has 0 N–H and O–H groups in total. The molecule has 0 atom stereocenters. The third-order valence-electron chi connectivity index (χ3n) is 4.82. The van der Waals surface area contributed by atoms with Crippen molar-refractivity contribution in [3.63, 3.8) is 0 Å². The fourth-order valence-electron chi connectivity index (χ4n) is 3.28. The molecule has 0 unspecified atom stereocenters. The van der Waals surface area contributed by atoms with Gasteiger partial charge in [0.1, 0.15) is 0 Å². The highest BCUT2D eigenvalue weighted by Crippen LogP contribution is 2.20. The van der Waals surface area contributed by atoms with Crippen LogP contribution < -0.4 is 10.5 Å². The van der Waals surface area contributed by atoms with Gasteiger partial charge in [-0.15, -0.1) is 0 Å². The van der Waals surface area contributed by atoms with E-state index in [1.54, 1.807) is 18.5 Å². The number of oxazole rings is 1. The maximum absolute atomic E-state index is 12.3. The summed E-state index contributed by atoms with van der Waals surface area (Å²) in [6.45, 7) is 3.82. The van der Waals surface area contributed by atoms with Crippen molar-refractivity contribution in [3.05, 3.63) is 70.6 Å². The molecule has 160 valence electrons. The maximum Gasteiger partial charge on any atom is 0.421 e. The van der Waals surface area contributed by atoms with Gasteiger partial charge in [-0.1, -0.05) is 18.2 Å². The van der Waals surface area contributed by atoms with Crippen molar-refractivity contribution >= 4 is 11.2 Å². The van der Waals surface area contributed by atoms with Crippen molar-refractivity contribution < 1.29 is 9.15 Å². The van der Waals surface area contributed by atoms with Gasteiger partial charge in [-0.25, -0.2) is 19.7 Å². The number of rotatable bonds is 8. The van der Waals surface area contributed by atoms with E-state index >= 15 is 0 Å². The first-order valence-electron chi connectivity index (χ1n) is 10.2. The van der Waals surface area contributed by atoms with E-state index in [4.69, 9.17) is 9.15 Å². The molecule has 0 amide bonds. The predicted molar refractivity (Wildman–Crippen MR) is 118 cm³/mol. The lowest BCUT2D eigenvalue weighted by atomic mass is 10.1. The Morgan fingerprint density at radius 1 is 1.13 bits per heavy atom. The number of aryl methyl sites for hydroxylation is 1. The molecular weight excluding hydrogens is 394 g/mol. The molecule has 4 aromatic rings. The van der Waals surface area contributed by atoms with Gasteiger partial charge in [-0.2, -0.15) is 0 Å². The molecular formula is C23H25N5O3. The second-order valence-corrected chi connectivity index (χ2v) is 7.68. The van der Waals surface area contributed by atoms with Gasteiger partial charge in [0.2, 0.25) is 0 Å². The zero-order valence-electron chi connectivity index (χ0n) is 17.9. The largest absolute Gasteiger partial charge is 0.490 e. The number of nitrogens with zero attached hydrogens (tertiary/aromatic N) is 5. The summed E-state index contributed by atoms with van der Waals surface area (Å²) in [5.41, 5.74) is 3.65. The van der Waals surface area contributed by atoms with Crippen LogP contribution in [-0.2, 0) is 6.54 Å². The molecule has 0 aliphatic rings. The van der Waals surface area contributed by atoms with E-state index < -0.39 is 5.76 Å². The standard InChI is InChI=1S/C23H25N5O3/c1-16-8-9-20-22(26-16)28(23(29)31-20)15-17-6-4-7-18(12-17)21-24-13-19(14-25-21)30-11-5-10-27(2)3/h4,6-9,12-14H,5,10-11,15H2,1-3H3. The minimum Gasteiger partial charge on any atom is -0.490 e. The zero-order valence-corrected chi connectivity index (χ0v) is 17.9. The normalized spacial score (nSPS) is 11.4. The highest BCUT2D eigenvalue weighted by molar-refractivity contribution is 5.68. The fourth-order valence-corrected chi connectivity index (χ4v) is 3.28. The van der Waals surface area contributed by atoms with Gasteiger partial charge >= 0.3 is 5.76 Å². The Labute approximate surface area is 180 Å². The summed E-state index contributed by atoms with van der Waals surface area (Å²) in [5, 5.41) is 0. The molecule has 0 aliphatic carbocycles. The van der Waals surface area contributed by atoms with Crippen LogP contribution in [0.5, 0.6) is 5.75 Å². The van der Waals surface area contributed by atoms with E-state index in [9.17, 15) is 4.79 Å². The molecule has 0 aliphatic heterocycles. The minimum atomic E-state index is -0.425. The van der Waals surface area contributed by atoms with Gasteiger partial charge in [0, 0.05) is 17.8 Å². The molecule has 0 radical (unpaired) electrons. The van der Waals surface area contributed by atoms with E-state index in [1.165, 1.54) is 4.57 Å². The van der Waals surface area contributed by atoms with Crippen LogP contribution in [0.15, 0.2) is 58.0 Å². The molecule has 0 spiro atoms. The highest BCUT2D eigenvalue weighted by Gasteiger charge is 2.12. The number of hydrogen-bond acceptors (Lipinski definition) is 7. The zero-order chi connectivity index (χ0) is 21.8. The lowest BCUT2D eigenvalue weighted by Crippen LogP contribution is -2.15. The van der Waals surface area contributed by atoms with Crippen LogP contribution in [-0.4, -0.2) is 51.7 Å². The van der Waals surface area contributed by atoms with Gasteiger partial charge in [0.05, 0.1) is 25.5 Å². The molecule has 1 aromatic carbocycles. The lowest BCUT2D eigenvalue weighted by Gasteiger charge is -2.10. The topological polar surface area (TPSA) is 86.3 Å². The van der Waals surface area contributed by atoms with E-state index in [-0.39, 0.29) is 0 Å². The number of benzene rings is 1. The van der Waals surface area contributed by atoms with Gasteiger partial charge in [0.15, 0.2) is 22.8 Å². The van der Waals surface area contributed by atoms with Crippen LogP contribution in [0.25, 0.3) is 22.6 Å².